The number of carbonyl (C=O) groups is 1. The molecule has 1 aliphatic carbocycles. The van der Waals surface area contributed by atoms with Crippen molar-refractivity contribution in [2.24, 2.45) is 11.7 Å². The molecule has 2 N–H and O–H groups in total. The van der Waals surface area contributed by atoms with E-state index in [0.717, 1.165) is 12.8 Å². The van der Waals surface area contributed by atoms with E-state index in [-0.39, 0.29) is 18.0 Å². The van der Waals surface area contributed by atoms with Gasteiger partial charge in [0.1, 0.15) is 12.1 Å². The molecule has 1 aliphatic rings. The summed E-state index contributed by atoms with van der Waals surface area (Å²) >= 11 is 0. The highest BCUT2D eigenvalue weighted by molar-refractivity contribution is 5.75. The lowest BCUT2D eigenvalue weighted by molar-refractivity contribution is -0.152. The van der Waals surface area contributed by atoms with Gasteiger partial charge in [0.2, 0.25) is 0 Å². The second kappa shape index (κ2) is 6.11. The van der Waals surface area contributed by atoms with Crippen LogP contribution in [0.4, 0.5) is 0 Å². The molecular formula is C12H23NO2. The van der Waals surface area contributed by atoms with E-state index in [4.69, 9.17) is 10.5 Å². The number of rotatable bonds is 3. The van der Waals surface area contributed by atoms with Crippen LogP contribution in [0.2, 0.25) is 0 Å². The van der Waals surface area contributed by atoms with E-state index in [1.165, 1.54) is 25.7 Å². The summed E-state index contributed by atoms with van der Waals surface area (Å²) in [7, 11) is 0. The molecule has 0 bridgehead atoms. The first-order valence-electron chi connectivity index (χ1n) is 6.07. The molecule has 1 fully saturated rings. The van der Waals surface area contributed by atoms with E-state index >= 15 is 0 Å². The van der Waals surface area contributed by atoms with Crippen molar-refractivity contribution in [1.29, 1.82) is 0 Å². The minimum atomic E-state index is -0.465. The van der Waals surface area contributed by atoms with E-state index in [0.29, 0.717) is 0 Å². The van der Waals surface area contributed by atoms with Gasteiger partial charge in [0.25, 0.3) is 0 Å². The van der Waals surface area contributed by atoms with E-state index in [2.05, 4.69) is 0 Å². The van der Waals surface area contributed by atoms with Crippen molar-refractivity contribution in [3.8, 4) is 0 Å². The molecule has 0 aromatic carbocycles. The Bertz CT molecular complexity index is 196. The summed E-state index contributed by atoms with van der Waals surface area (Å²) in [4.78, 5) is 11.6. The average molecular weight is 213 g/mol. The van der Waals surface area contributed by atoms with Crippen LogP contribution < -0.4 is 5.73 Å². The van der Waals surface area contributed by atoms with Crippen LogP contribution in [0.3, 0.4) is 0 Å². The summed E-state index contributed by atoms with van der Waals surface area (Å²) in [5.74, 6) is -0.0693. The van der Waals surface area contributed by atoms with Crippen LogP contribution in [-0.4, -0.2) is 18.1 Å². The number of carbonyl (C=O) groups excluding carboxylic acids is 1. The maximum absolute atomic E-state index is 11.6. The minimum Gasteiger partial charge on any atom is -0.461 e. The van der Waals surface area contributed by atoms with Crippen molar-refractivity contribution in [2.45, 2.75) is 64.5 Å². The van der Waals surface area contributed by atoms with E-state index in [9.17, 15) is 4.79 Å². The topological polar surface area (TPSA) is 52.3 Å². The third kappa shape index (κ3) is 4.20. The van der Waals surface area contributed by atoms with E-state index < -0.39 is 6.04 Å². The lowest BCUT2D eigenvalue weighted by atomic mass is 10.1. The van der Waals surface area contributed by atoms with Gasteiger partial charge in [-0.25, -0.2) is 0 Å². The smallest absolute Gasteiger partial charge is 0.323 e. The molecule has 1 rings (SSSR count). The molecule has 0 aliphatic heterocycles. The zero-order valence-corrected chi connectivity index (χ0v) is 9.87. The SMILES string of the molecule is CC(C)[C@H](N)C(=O)OC1CCCCCC1. The quantitative estimate of drug-likeness (QED) is 0.578. The fourth-order valence-electron chi connectivity index (χ4n) is 1.87. The monoisotopic (exact) mass is 213 g/mol. The normalized spacial score (nSPS) is 21.1. The highest BCUT2D eigenvalue weighted by Crippen LogP contribution is 2.20. The molecule has 3 nitrogen and oxygen atoms in total. The molecule has 0 aromatic rings. The molecule has 88 valence electrons. The lowest BCUT2D eigenvalue weighted by Crippen LogP contribution is -2.38. The predicted octanol–water partition coefficient (Wildman–Crippen LogP) is 2.24. The third-order valence-electron chi connectivity index (χ3n) is 3.08. The number of esters is 1. The standard InChI is InChI=1S/C12H23NO2/c1-9(2)11(13)12(14)15-10-7-5-3-4-6-8-10/h9-11H,3-8,13H2,1-2H3/t11-/m0/s1. The Balaban J connectivity index is 2.35. The van der Waals surface area contributed by atoms with Gasteiger partial charge in [-0.2, -0.15) is 0 Å². The molecule has 0 heterocycles. The third-order valence-corrected chi connectivity index (χ3v) is 3.08. The first kappa shape index (κ1) is 12.5. The second-order valence-electron chi connectivity index (χ2n) is 4.82. The van der Waals surface area contributed by atoms with Crippen LogP contribution in [0.5, 0.6) is 0 Å². The summed E-state index contributed by atoms with van der Waals surface area (Å²) < 4.78 is 5.43. The zero-order valence-electron chi connectivity index (χ0n) is 9.87. The van der Waals surface area contributed by atoms with Crippen molar-refractivity contribution in [3.05, 3.63) is 0 Å². The van der Waals surface area contributed by atoms with Crippen LogP contribution in [0.15, 0.2) is 0 Å². The lowest BCUT2D eigenvalue weighted by Gasteiger charge is -2.20. The molecule has 3 heteroatoms. The number of ether oxygens (including phenoxy) is 1. The summed E-state index contributed by atoms with van der Waals surface area (Å²) in [5.41, 5.74) is 5.74. The van der Waals surface area contributed by atoms with Gasteiger partial charge in [-0.05, 0) is 31.6 Å². The largest absolute Gasteiger partial charge is 0.461 e. The van der Waals surface area contributed by atoms with Gasteiger partial charge in [0, 0.05) is 0 Å². The van der Waals surface area contributed by atoms with Gasteiger partial charge in [0.15, 0.2) is 0 Å². The van der Waals surface area contributed by atoms with Crippen LogP contribution in [0.1, 0.15) is 52.4 Å². The van der Waals surface area contributed by atoms with Gasteiger partial charge in [-0.3, -0.25) is 4.79 Å². The summed E-state index contributed by atoms with van der Waals surface area (Å²) in [6.07, 6.45) is 7.02. The van der Waals surface area contributed by atoms with Crippen LogP contribution in [-0.2, 0) is 9.53 Å². The summed E-state index contributed by atoms with van der Waals surface area (Å²) in [6.45, 7) is 3.89. The van der Waals surface area contributed by atoms with Gasteiger partial charge in [0.05, 0.1) is 0 Å². The molecule has 0 radical (unpaired) electrons. The Hall–Kier alpha value is -0.570. The number of hydrogen-bond acceptors (Lipinski definition) is 3. The first-order chi connectivity index (χ1) is 7.11. The van der Waals surface area contributed by atoms with Crippen molar-refractivity contribution >= 4 is 5.97 Å². The molecule has 0 unspecified atom stereocenters. The van der Waals surface area contributed by atoms with Gasteiger partial charge < -0.3 is 10.5 Å². The van der Waals surface area contributed by atoms with Gasteiger partial charge >= 0.3 is 5.97 Å². The van der Waals surface area contributed by atoms with E-state index in [1.807, 2.05) is 13.8 Å². The molecule has 1 saturated carbocycles. The first-order valence-corrected chi connectivity index (χ1v) is 6.07. The zero-order chi connectivity index (χ0) is 11.3. The van der Waals surface area contributed by atoms with Crippen LogP contribution in [0, 0.1) is 5.92 Å². The fourth-order valence-corrected chi connectivity index (χ4v) is 1.87. The van der Waals surface area contributed by atoms with Gasteiger partial charge in [-0.1, -0.05) is 26.7 Å². The van der Waals surface area contributed by atoms with Gasteiger partial charge in [-0.15, -0.1) is 0 Å². The predicted molar refractivity (Wildman–Crippen MR) is 60.4 cm³/mol. The van der Waals surface area contributed by atoms with Crippen molar-refractivity contribution in [1.82, 2.24) is 0 Å². The Labute approximate surface area is 92.4 Å². The average Bonchev–Trinajstić information content (AvgIpc) is 2.45. The molecule has 0 amide bonds. The summed E-state index contributed by atoms with van der Waals surface area (Å²) in [6, 6.07) is -0.465. The Morgan fingerprint density at radius 1 is 1.20 bits per heavy atom. The minimum absolute atomic E-state index is 0.116. The maximum atomic E-state index is 11.6. The Morgan fingerprint density at radius 2 is 1.73 bits per heavy atom. The highest BCUT2D eigenvalue weighted by Gasteiger charge is 2.23. The van der Waals surface area contributed by atoms with Crippen molar-refractivity contribution in [3.63, 3.8) is 0 Å². The highest BCUT2D eigenvalue weighted by atomic mass is 16.5. The summed E-state index contributed by atoms with van der Waals surface area (Å²) in [5, 5.41) is 0. The molecule has 0 spiro atoms. The maximum Gasteiger partial charge on any atom is 0.323 e. The van der Waals surface area contributed by atoms with Crippen molar-refractivity contribution < 1.29 is 9.53 Å². The van der Waals surface area contributed by atoms with Crippen LogP contribution in [0.25, 0.3) is 0 Å². The van der Waals surface area contributed by atoms with E-state index in [1.54, 1.807) is 0 Å². The fraction of sp³-hybridized carbons (Fsp3) is 0.917. The molecular weight excluding hydrogens is 190 g/mol. The Morgan fingerprint density at radius 3 is 2.20 bits per heavy atom. The number of hydrogen-bond donors (Lipinski definition) is 1. The molecule has 0 aromatic heterocycles. The second-order valence-corrected chi connectivity index (χ2v) is 4.82. The van der Waals surface area contributed by atoms with Crippen molar-refractivity contribution in [2.75, 3.05) is 0 Å². The molecule has 1 atom stereocenters. The van der Waals surface area contributed by atoms with Crippen LogP contribution >= 0.6 is 0 Å². The molecule has 0 saturated heterocycles. The Kier molecular flexibility index (Phi) is 5.09. The number of nitrogens with two attached hydrogens (primary N) is 1. The molecule has 15 heavy (non-hydrogen) atoms.